The first kappa shape index (κ1) is 34.1. The van der Waals surface area contributed by atoms with Crippen LogP contribution in [-0.4, -0.2) is 4.57 Å². The number of aromatic nitrogens is 1. The molecule has 1 heterocycles. The summed E-state index contributed by atoms with van der Waals surface area (Å²) >= 11 is 0. The van der Waals surface area contributed by atoms with Gasteiger partial charge in [-0.3, -0.25) is 0 Å². The molecule has 0 N–H and O–H groups in total. The van der Waals surface area contributed by atoms with Crippen LogP contribution in [0.2, 0.25) is 0 Å². The first-order chi connectivity index (χ1) is 28.4. The first-order valence-electron chi connectivity index (χ1n) is 20.3. The third kappa shape index (κ3) is 5.48. The SMILES string of the molecule is CC(C)(C)c1cc(-c2ccccc2)cc(N(c2cccc(-c3ccccc3)c2)c2ccc3ccc4c(-n5c6ccccc6c6ccccc65)ccc5ccc2c3c54)c1. The standard InChI is InChI=1S/C56H42N2/c1-56(2,3)43-33-42(38-17-8-5-9-18-38)35-45(36-43)57(44-20-14-19-41(34-44)37-15-6-4-7-16-37)52-31-27-39-26-30-49-53(32-28-40-25-29-48(52)54(39)55(40)49)58-50-23-12-10-21-46(50)47-22-11-13-24-51(47)58/h4-36H,1-3H3. The fourth-order valence-electron chi connectivity index (χ4n) is 9.20. The van der Waals surface area contributed by atoms with Gasteiger partial charge in [-0.1, -0.05) is 172 Å². The maximum Gasteiger partial charge on any atom is 0.0541 e. The summed E-state index contributed by atoms with van der Waals surface area (Å²) < 4.78 is 2.46. The molecule has 2 heteroatoms. The van der Waals surface area contributed by atoms with Crippen molar-refractivity contribution in [1.82, 2.24) is 4.57 Å². The third-order valence-electron chi connectivity index (χ3n) is 12.0. The van der Waals surface area contributed by atoms with E-state index >= 15 is 0 Å². The van der Waals surface area contributed by atoms with Gasteiger partial charge in [0.2, 0.25) is 0 Å². The molecular weight excluding hydrogens is 701 g/mol. The average molecular weight is 743 g/mol. The average Bonchev–Trinajstić information content (AvgIpc) is 3.60. The van der Waals surface area contributed by atoms with E-state index in [1.54, 1.807) is 0 Å². The third-order valence-corrected chi connectivity index (χ3v) is 12.0. The van der Waals surface area contributed by atoms with Gasteiger partial charge in [0.15, 0.2) is 0 Å². The molecule has 0 radical (unpaired) electrons. The summed E-state index contributed by atoms with van der Waals surface area (Å²) in [5.74, 6) is 0. The molecule has 10 aromatic carbocycles. The van der Waals surface area contributed by atoms with Crippen molar-refractivity contribution >= 4 is 71.2 Å². The highest BCUT2D eigenvalue weighted by Crippen LogP contribution is 2.47. The van der Waals surface area contributed by atoms with Gasteiger partial charge in [0, 0.05) is 32.9 Å². The Morgan fingerprint density at radius 1 is 0.379 bits per heavy atom. The summed E-state index contributed by atoms with van der Waals surface area (Å²) in [6.07, 6.45) is 0. The van der Waals surface area contributed by atoms with Gasteiger partial charge in [0.25, 0.3) is 0 Å². The van der Waals surface area contributed by atoms with Crippen molar-refractivity contribution in [2.24, 2.45) is 0 Å². The van der Waals surface area contributed by atoms with Crippen molar-refractivity contribution in [3.05, 3.63) is 206 Å². The molecule has 0 aliphatic heterocycles. The van der Waals surface area contributed by atoms with Crippen LogP contribution in [0.3, 0.4) is 0 Å². The van der Waals surface area contributed by atoms with E-state index < -0.39 is 0 Å². The molecule has 0 aliphatic carbocycles. The highest BCUT2D eigenvalue weighted by Gasteiger charge is 2.24. The molecule has 58 heavy (non-hydrogen) atoms. The predicted molar refractivity (Wildman–Crippen MR) is 249 cm³/mol. The molecular formula is C56H42N2. The van der Waals surface area contributed by atoms with Crippen LogP contribution in [0.15, 0.2) is 200 Å². The number of benzene rings is 10. The van der Waals surface area contributed by atoms with E-state index in [2.05, 4.69) is 230 Å². The van der Waals surface area contributed by atoms with Crippen molar-refractivity contribution < 1.29 is 0 Å². The molecule has 2 nitrogen and oxygen atoms in total. The number of hydrogen-bond acceptors (Lipinski definition) is 1. The van der Waals surface area contributed by atoms with Crippen molar-refractivity contribution in [3.8, 4) is 27.9 Å². The lowest BCUT2D eigenvalue weighted by Gasteiger charge is -2.30. The van der Waals surface area contributed by atoms with Gasteiger partial charge < -0.3 is 9.47 Å². The number of fused-ring (bicyclic) bond motifs is 3. The summed E-state index contributed by atoms with van der Waals surface area (Å²) in [5, 5.41) is 10.1. The van der Waals surface area contributed by atoms with Crippen LogP contribution in [0, 0.1) is 0 Å². The van der Waals surface area contributed by atoms with Crippen LogP contribution in [-0.2, 0) is 5.41 Å². The normalized spacial score (nSPS) is 12.1. The number of para-hydroxylation sites is 2. The molecule has 0 unspecified atom stereocenters. The summed E-state index contributed by atoms with van der Waals surface area (Å²) in [6.45, 7) is 6.94. The van der Waals surface area contributed by atoms with Crippen molar-refractivity contribution in [1.29, 1.82) is 0 Å². The Hall–Kier alpha value is -7.16. The lowest BCUT2D eigenvalue weighted by Crippen LogP contribution is -2.15. The molecule has 0 bridgehead atoms. The van der Waals surface area contributed by atoms with Crippen molar-refractivity contribution in [3.63, 3.8) is 0 Å². The van der Waals surface area contributed by atoms with Gasteiger partial charge in [-0.2, -0.15) is 0 Å². The van der Waals surface area contributed by atoms with Gasteiger partial charge >= 0.3 is 0 Å². The minimum Gasteiger partial charge on any atom is -0.310 e. The van der Waals surface area contributed by atoms with E-state index in [9.17, 15) is 0 Å². The monoisotopic (exact) mass is 742 g/mol. The lowest BCUT2D eigenvalue weighted by molar-refractivity contribution is 0.590. The van der Waals surface area contributed by atoms with E-state index in [0.717, 1.165) is 17.1 Å². The van der Waals surface area contributed by atoms with E-state index in [0.29, 0.717) is 0 Å². The summed E-state index contributed by atoms with van der Waals surface area (Å²) in [7, 11) is 0. The van der Waals surface area contributed by atoms with Gasteiger partial charge in [0.05, 0.1) is 22.4 Å². The van der Waals surface area contributed by atoms with E-state index in [4.69, 9.17) is 0 Å². The summed E-state index contributed by atoms with van der Waals surface area (Å²) in [4.78, 5) is 2.49. The zero-order chi connectivity index (χ0) is 39.0. The Bertz CT molecular complexity index is 3260. The molecule has 0 saturated heterocycles. The van der Waals surface area contributed by atoms with Gasteiger partial charge in [-0.25, -0.2) is 0 Å². The number of hydrogen-bond donors (Lipinski definition) is 0. The Morgan fingerprint density at radius 3 is 1.59 bits per heavy atom. The topological polar surface area (TPSA) is 8.17 Å². The minimum absolute atomic E-state index is 0.0665. The quantitative estimate of drug-likeness (QED) is 0.154. The van der Waals surface area contributed by atoms with Crippen molar-refractivity contribution in [2.45, 2.75) is 26.2 Å². The van der Waals surface area contributed by atoms with Crippen LogP contribution in [0.25, 0.3) is 82.1 Å². The summed E-state index contributed by atoms with van der Waals surface area (Å²) in [5.41, 5.74) is 13.1. The fraction of sp³-hybridized carbons (Fsp3) is 0.0714. The molecule has 0 fully saturated rings. The Labute approximate surface area is 339 Å². The van der Waals surface area contributed by atoms with E-state index in [1.807, 2.05) is 0 Å². The fourth-order valence-corrected chi connectivity index (χ4v) is 9.20. The molecule has 0 amide bonds. The molecule has 276 valence electrons. The van der Waals surface area contributed by atoms with Crippen LogP contribution >= 0.6 is 0 Å². The van der Waals surface area contributed by atoms with Gasteiger partial charge in [-0.15, -0.1) is 0 Å². The summed E-state index contributed by atoms with van der Waals surface area (Å²) in [6, 6.07) is 73.9. The largest absolute Gasteiger partial charge is 0.310 e. The predicted octanol–water partition coefficient (Wildman–Crippen LogP) is 15.8. The van der Waals surface area contributed by atoms with E-state index in [-0.39, 0.29) is 5.41 Å². The maximum atomic E-state index is 2.49. The van der Waals surface area contributed by atoms with Crippen molar-refractivity contribution in [2.75, 3.05) is 4.90 Å². The molecule has 0 atom stereocenters. The zero-order valence-electron chi connectivity index (χ0n) is 32.9. The molecule has 11 aromatic rings. The number of nitrogens with zero attached hydrogens (tertiary/aromatic N) is 2. The van der Waals surface area contributed by atoms with Crippen LogP contribution in [0.4, 0.5) is 17.1 Å². The zero-order valence-corrected chi connectivity index (χ0v) is 32.9. The lowest BCUT2D eigenvalue weighted by atomic mass is 9.84. The molecule has 11 rings (SSSR count). The number of rotatable bonds is 6. The number of anilines is 3. The minimum atomic E-state index is -0.0665. The first-order valence-corrected chi connectivity index (χ1v) is 20.3. The second-order valence-corrected chi connectivity index (χ2v) is 16.6. The highest BCUT2D eigenvalue weighted by atomic mass is 15.1. The second kappa shape index (κ2) is 13.2. The van der Waals surface area contributed by atoms with Crippen LogP contribution in [0.5, 0.6) is 0 Å². The second-order valence-electron chi connectivity index (χ2n) is 16.6. The Morgan fingerprint density at radius 2 is 0.914 bits per heavy atom. The molecule has 0 saturated carbocycles. The maximum absolute atomic E-state index is 2.49. The molecule has 1 aromatic heterocycles. The Balaban J connectivity index is 1.20. The van der Waals surface area contributed by atoms with Crippen LogP contribution in [0.1, 0.15) is 26.3 Å². The molecule has 0 aliphatic rings. The smallest absolute Gasteiger partial charge is 0.0541 e. The molecule has 0 spiro atoms. The Kier molecular flexibility index (Phi) is 7.78. The van der Waals surface area contributed by atoms with Gasteiger partial charge in [-0.05, 0) is 103 Å². The van der Waals surface area contributed by atoms with E-state index in [1.165, 1.54) is 87.6 Å². The van der Waals surface area contributed by atoms with Crippen LogP contribution < -0.4 is 4.90 Å². The highest BCUT2D eigenvalue weighted by molar-refractivity contribution is 6.27. The van der Waals surface area contributed by atoms with Gasteiger partial charge in [0.1, 0.15) is 0 Å².